The molecule has 0 fully saturated rings. The van der Waals surface area contributed by atoms with E-state index in [2.05, 4.69) is 12.1 Å². The summed E-state index contributed by atoms with van der Waals surface area (Å²) >= 11 is 0. The lowest BCUT2D eigenvalue weighted by atomic mass is 10.2. The van der Waals surface area contributed by atoms with Gasteiger partial charge in [0.2, 0.25) is 0 Å². The van der Waals surface area contributed by atoms with E-state index in [4.69, 9.17) is 14.3 Å². The van der Waals surface area contributed by atoms with Gasteiger partial charge in [-0.15, -0.1) is 0 Å². The molecule has 0 aliphatic heterocycles. The Morgan fingerprint density at radius 1 is 1.00 bits per heavy atom. The maximum atomic E-state index is 12.5. The Morgan fingerprint density at radius 3 is 1.96 bits per heavy atom. The van der Waals surface area contributed by atoms with Crippen molar-refractivity contribution in [2.75, 3.05) is 0 Å². The van der Waals surface area contributed by atoms with Gasteiger partial charge in [0.1, 0.15) is 17.2 Å². The highest BCUT2D eigenvalue weighted by Gasteiger charge is 2.30. The fourth-order valence-corrected chi connectivity index (χ4v) is 1.91. The number of alkyl halides is 3. The van der Waals surface area contributed by atoms with Gasteiger partial charge in [-0.1, -0.05) is 6.58 Å². The predicted octanol–water partition coefficient (Wildman–Crippen LogP) is 4.85. The first kappa shape index (κ1) is 20.2. The smallest absolute Gasteiger partial charge is 0.416 e. The van der Waals surface area contributed by atoms with Crippen LogP contribution < -0.4 is 15.0 Å². The fraction of sp³-hybridized carbons (Fsp3) is 0.211. The third-order valence-electron chi connectivity index (χ3n) is 3.21. The molecule has 144 valence electrons. The molecule has 1 atom stereocenters. The Bertz CT molecular complexity index is 786. The van der Waals surface area contributed by atoms with Crippen molar-refractivity contribution < 1.29 is 32.3 Å². The first-order valence-corrected chi connectivity index (χ1v) is 7.89. The Hall–Kier alpha value is -3.16. The fourth-order valence-electron chi connectivity index (χ4n) is 1.91. The minimum absolute atomic E-state index is 0.263. The van der Waals surface area contributed by atoms with Crippen molar-refractivity contribution in [3.63, 3.8) is 0 Å². The molecular formula is C19H18F3NO4. The number of hydrogen-bond acceptors (Lipinski definition) is 5. The van der Waals surface area contributed by atoms with E-state index in [1.54, 1.807) is 31.2 Å². The van der Waals surface area contributed by atoms with Gasteiger partial charge in [-0.05, 0) is 62.4 Å². The maximum Gasteiger partial charge on any atom is 0.416 e. The molecule has 0 heterocycles. The zero-order valence-corrected chi connectivity index (χ0v) is 14.7. The molecule has 0 aromatic heterocycles. The van der Waals surface area contributed by atoms with Gasteiger partial charge in [-0.25, -0.2) is 10.3 Å². The van der Waals surface area contributed by atoms with Crippen LogP contribution >= 0.6 is 0 Å². The van der Waals surface area contributed by atoms with Gasteiger partial charge in [-0.2, -0.15) is 13.2 Å². The summed E-state index contributed by atoms with van der Waals surface area (Å²) in [6.45, 7) is 6.69. The first-order valence-electron chi connectivity index (χ1n) is 7.89. The lowest BCUT2D eigenvalue weighted by Crippen LogP contribution is -2.30. The lowest BCUT2D eigenvalue weighted by molar-refractivity contribution is -0.157. The molecular weight excluding hydrogens is 363 g/mol. The topological polar surface area (TPSA) is 56.8 Å². The zero-order valence-electron chi connectivity index (χ0n) is 14.7. The third-order valence-corrected chi connectivity index (χ3v) is 3.21. The molecule has 27 heavy (non-hydrogen) atoms. The van der Waals surface area contributed by atoms with E-state index in [9.17, 15) is 18.0 Å². The third kappa shape index (κ3) is 6.25. The number of nitrogens with one attached hydrogen (secondary N) is 1. The summed E-state index contributed by atoms with van der Waals surface area (Å²) < 4.78 is 48.6. The van der Waals surface area contributed by atoms with Gasteiger partial charge in [0.25, 0.3) is 0 Å². The van der Waals surface area contributed by atoms with Crippen LogP contribution in [0.5, 0.6) is 17.2 Å². The molecule has 1 unspecified atom stereocenters. The molecule has 2 rings (SSSR count). The minimum atomic E-state index is -4.39. The van der Waals surface area contributed by atoms with Gasteiger partial charge in [-0.3, -0.25) is 0 Å². The van der Waals surface area contributed by atoms with Crippen molar-refractivity contribution in [2.45, 2.75) is 26.1 Å². The van der Waals surface area contributed by atoms with E-state index in [1.165, 1.54) is 19.1 Å². The van der Waals surface area contributed by atoms with Crippen molar-refractivity contribution in [1.82, 2.24) is 5.48 Å². The van der Waals surface area contributed by atoms with E-state index in [-0.39, 0.29) is 5.75 Å². The molecule has 0 aliphatic carbocycles. The van der Waals surface area contributed by atoms with Crippen LogP contribution in [-0.4, -0.2) is 12.1 Å². The van der Waals surface area contributed by atoms with Crippen LogP contribution in [0.3, 0.4) is 0 Å². The van der Waals surface area contributed by atoms with Crippen molar-refractivity contribution in [1.29, 1.82) is 0 Å². The second-order valence-electron chi connectivity index (χ2n) is 5.66. The van der Waals surface area contributed by atoms with Crippen molar-refractivity contribution in [2.24, 2.45) is 0 Å². The number of rotatable bonds is 7. The normalized spacial score (nSPS) is 12.0. The van der Waals surface area contributed by atoms with Crippen LogP contribution in [0.1, 0.15) is 19.4 Å². The monoisotopic (exact) mass is 381 g/mol. The highest BCUT2D eigenvalue weighted by atomic mass is 19.4. The maximum absolute atomic E-state index is 12.5. The lowest BCUT2D eigenvalue weighted by Gasteiger charge is -2.14. The minimum Gasteiger partial charge on any atom is -0.479 e. The second kappa shape index (κ2) is 8.48. The Labute approximate surface area is 154 Å². The zero-order chi connectivity index (χ0) is 20.0. The second-order valence-corrected chi connectivity index (χ2v) is 5.66. The highest BCUT2D eigenvalue weighted by Crippen LogP contribution is 2.31. The molecule has 0 bridgehead atoms. The summed E-state index contributed by atoms with van der Waals surface area (Å²) in [5.74, 6) is 0.443. The summed E-state index contributed by atoms with van der Waals surface area (Å²) in [4.78, 5) is 16.5. The summed E-state index contributed by atoms with van der Waals surface area (Å²) in [6, 6.07) is 10.6. The summed E-state index contributed by atoms with van der Waals surface area (Å²) in [7, 11) is 0. The molecule has 0 saturated heterocycles. The van der Waals surface area contributed by atoms with E-state index in [0.717, 1.165) is 12.1 Å². The first-order chi connectivity index (χ1) is 12.6. The standard InChI is InChI=1S/C19H18F3NO4/c1-12(2)23-27-18(24)13(3)25-15-8-10-17(11-9-15)26-16-6-4-14(5-7-16)19(20,21)22/h4-11,13,23H,1H2,2-3H3. The van der Waals surface area contributed by atoms with Crippen LogP contribution in [0.4, 0.5) is 13.2 Å². The van der Waals surface area contributed by atoms with Crippen molar-refractivity contribution >= 4 is 5.97 Å². The Kier molecular flexibility index (Phi) is 6.33. The van der Waals surface area contributed by atoms with Gasteiger partial charge >= 0.3 is 12.1 Å². The number of hydroxylamine groups is 1. The molecule has 0 amide bonds. The van der Waals surface area contributed by atoms with Crippen LogP contribution in [-0.2, 0) is 15.8 Å². The van der Waals surface area contributed by atoms with E-state index < -0.39 is 23.8 Å². The Balaban J connectivity index is 1.93. The average molecular weight is 381 g/mol. The molecule has 2 aromatic carbocycles. The molecule has 8 heteroatoms. The summed E-state index contributed by atoms with van der Waals surface area (Å²) in [5.41, 5.74) is 2.07. The molecule has 0 aliphatic rings. The molecule has 5 nitrogen and oxygen atoms in total. The predicted molar refractivity (Wildman–Crippen MR) is 92.1 cm³/mol. The van der Waals surface area contributed by atoms with Crippen LogP contribution in [0.25, 0.3) is 0 Å². The van der Waals surface area contributed by atoms with Crippen LogP contribution in [0.2, 0.25) is 0 Å². The number of allylic oxidation sites excluding steroid dienone is 1. The van der Waals surface area contributed by atoms with Gasteiger partial charge in [0.15, 0.2) is 6.10 Å². The van der Waals surface area contributed by atoms with E-state index in [1.807, 2.05) is 0 Å². The highest BCUT2D eigenvalue weighted by molar-refractivity contribution is 5.74. The SMILES string of the molecule is C=C(C)NOC(=O)C(C)Oc1ccc(Oc2ccc(C(F)(F)F)cc2)cc1. The van der Waals surface area contributed by atoms with Crippen LogP contribution in [0.15, 0.2) is 60.8 Å². The van der Waals surface area contributed by atoms with Gasteiger partial charge in [0.05, 0.1) is 5.56 Å². The average Bonchev–Trinajstić information content (AvgIpc) is 2.61. The molecule has 0 saturated carbocycles. The molecule has 0 spiro atoms. The number of hydrogen-bond donors (Lipinski definition) is 1. The largest absolute Gasteiger partial charge is 0.479 e. The Morgan fingerprint density at radius 2 is 1.48 bits per heavy atom. The van der Waals surface area contributed by atoms with Crippen LogP contribution in [0, 0.1) is 0 Å². The van der Waals surface area contributed by atoms with Crippen molar-refractivity contribution in [3.8, 4) is 17.2 Å². The van der Waals surface area contributed by atoms with E-state index >= 15 is 0 Å². The summed E-state index contributed by atoms with van der Waals surface area (Å²) in [6.07, 6.45) is -5.26. The number of benzene rings is 2. The molecule has 1 N–H and O–H groups in total. The van der Waals surface area contributed by atoms with Gasteiger partial charge < -0.3 is 14.3 Å². The number of halogens is 3. The van der Waals surface area contributed by atoms with E-state index in [0.29, 0.717) is 17.2 Å². The number of carbonyl (C=O) groups is 1. The number of ether oxygens (including phenoxy) is 2. The van der Waals surface area contributed by atoms with Crippen molar-refractivity contribution in [3.05, 3.63) is 66.4 Å². The van der Waals surface area contributed by atoms with Gasteiger partial charge in [0, 0.05) is 5.70 Å². The quantitative estimate of drug-likeness (QED) is 0.695. The number of carbonyl (C=O) groups excluding carboxylic acids is 1. The summed E-state index contributed by atoms with van der Waals surface area (Å²) in [5, 5.41) is 0. The molecule has 2 aromatic rings. The molecule has 0 radical (unpaired) electrons.